The van der Waals surface area contributed by atoms with Crippen LogP contribution in [0.2, 0.25) is 0 Å². The van der Waals surface area contributed by atoms with Crippen LogP contribution in [0.3, 0.4) is 0 Å². The summed E-state index contributed by atoms with van der Waals surface area (Å²) in [6.45, 7) is 1.21. The van der Waals surface area contributed by atoms with E-state index in [0.29, 0.717) is 31.1 Å². The molecule has 1 fully saturated rings. The Bertz CT molecular complexity index is 400. The van der Waals surface area contributed by atoms with Crippen LogP contribution in [-0.2, 0) is 39.8 Å². The molecular formula is C14H28N2O8S2Tc+4. The fourth-order valence-corrected chi connectivity index (χ4v) is 2.76. The third-order valence-corrected chi connectivity index (χ3v) is 4.18. The maximum Gasteiger partial charge on any atom is 6.00 e. The molecule has 5 N–H and O–H groups in total. The van der Waals surface area contributed by atoms with Gasteiger partial charge < -0.3 is 40.7 Å². The largest absolute Gasteiger partial charge is 6.00 e. The van der Waals surface area contributed by atoms with Crippen LogP contribution in [0.1, 0.15) is 0 Å². The van der Waals surface area contributed by atoms with Crippen LogP contribution < -0.4 is 5.32 Å². The van der Waals surface area contributed by atoms with E-state index in [0.717, 1.165) is 0 Å². The number of rotatable bonds is 11. The van der Waals surface area contributed by atoms with Crippen LogP contribution in [0.25, 0.3) is 0 Å². The molecule has 0 aromatic heterocycles. The Morgan fingerprint density at radius 3 is 2.33 bits per heavy atom. The average Bonchev–Trinajstić information content (AvgIpc) is 2.60. The number of thiol groups is 2. The summed E-state index contributed by atoms with van der Waals surface area (Å²) in [5.74, 6) is 0.974. The molecule has 13 heteroatoms. The Hall–Kier alpha value is 0.499. The summed E-state index contributed by atoms with van der Waals surface area (Å²) in [6.07, 6.45) is -6.52. The van der Waals surface area contributed by atoms with Crippen LogP contribution in [0, 0.1) is 0 Å². The topological polar surface area (TPSA) is 160 Å². The van der Waals surface area contributed by atoms with Crippen LogP contribution in [-0.4, -0.2) is 113 Å². The Kier molecular flexibility index (Phi) is 17.9. The maximum absolute atomic E-state index is 11.8. The van der Waals surface area contributed by atoms with Crippen LogP contribution in [0.5, 0.6) is 0 Å². The molecule has 157 valence electrons. The van der Waals surface area contributed by atoms with E-state index in [4.69, 9.17) is 14.6 Å². The molecule has 1 rings (SSSR count). The number of hydrogen-bond donors (Lipinski definition) is 7. The van der Waals surface area contributed by atoms with E-state index in [2.05, 4.69) is 30.6 Å². The Labute approximate surface area is 183 Å². The average molecular weight is 515 g/mol. The number of aliphatic hydroxyl groups is 4. The second kappa shape index (κ2) is 16.3. The number of carbonyl (C=O) groups is 1. The second-order valence-electron chi connectivity index (χ2n) is 5.64. The van der Waals surface area contributed by atoms with E-state index in [1.165, 1.54) is 0 Å². The SMILES string of the molecule is O=C(CN(CCS)CCO[C@@H]1O[C@H](CO)[C@@H](O)[C@H](O)[C@H]1O)NCCS.[99Tc+6].[O-2]. The Morgan fingerprint density at radius 1 is 1.11 bits per heavy atom. The summed E-state index contributed by atoms with van der Waals surface area (Å²) in [4.78, 5) is 13.6. The van der Waals surface area contributed by atoms with Crippen molar-refractivity contribution < 1.29 is 60.3 Å². The predicted octanol–water partition coefficient (Wildman–Crippen LogP) is -3.04. The summed E-state index contributed by atoms with van der Waals surface area (Å²) < 4.78 is 10.7. The smallest absolute Gasteiger partial charge is 2.00 e. The molecule has 0 spiro atoms. The van der Waals surface area contributed by atoms with E-state index in [1.807, 2.05) is 4.90 Å². The number of carbonyl (C=O) groups excluding carboxylic acids is 1. The summed E-state index contributed by atoms with van der Waals surface area (Å²) in [5, 5.41) is 41.2. The molecule has 1 radical (unpaired) electrons. The van der Waals surface area contributed by atoms with Crippen molar-refractivity contribution in [3.05, 3.63) is 0 Å². The van der Waals surface area contributed by atoms with Crippen molar-refractivity contribution in [3.8, 4) is 0 Å². The molecule has 0 aromatic carbocycles. The molecule has 0 aliphatic carbocycles. The second-order valence-corrected chi connectivity index (χ2v) is 6.54. The molecule has 1 saturated heterocycles. The zero-order valence-corrected chi connectivity index (χ0v) is 18.3. The molecule has 0 bridgehead atoms. The van der Waals surface area contributed by atoms with Gasteiger partial charge in [-0.25, -0.2) is 0 Å². The molecule has 10 nitrogen and oxygen atoms in total. The summed E-state index contributed by atoms with van der Waals surface area (Å²) in [5.41, 5.74) is 0. The molecule has 0 saturated carbocycles. The van der Waals surface area contributed by atoms with Crippen molar-refractivity contribution >= 4 is 31.2 Å². The van der Waals surface area contributed by atoms with Gasteiger partial charge in [-0.1, -0.05) is 0 Å². The monoisotopic (exact) mass is 515 g/mol. The van der Waals surface area contributed by atoms with Gasteiger partial charge in [0, 0.05) is 31.1 Å². The van der Waals surface area contributed by atoms with Gasteiger partial charge in [0.2, 0.25) is 5.91 Å². The minimum Gasteiger partial charge on any atom is -2.00 e. The molecule has 1 aliphatic heterocycles. The number of amides is 1. The van der Waals surface area contributed by atoms with Gasteiger partial charge in [-0.2, -0.15) is 25.3 Å². The van der Waals surface area contributed by atoms with Gasteiger partial charge >= 0.3 is 20.1 Å². The number of nitrogens with zero attached hydrogens (tertiary/aromatic N) is 1. The van der Waals surface area contributed by atoms with Gasteiger partial charge in [0.25, 0.3) is 0 Å². The van der Waals surface area contributed by atoms with E-state index in [9.17, 15) is 20.1 Å². The fourth-order valence-electron chi connectivity index (χ4n) is 2.37. The van der Waals surface area contributed by atoms with Crippen molar-refractivity contribution in [2.75, 3.05) is 50.9 Å². The molecule has 5 atom stereocenters. The standard InChI is InChI=1S/C14H28N2O7S2.O.Tc/c17-8-9-11(19)12(20)13(21)14(23-9)22-4-2-16(3-6-25)7-10(18)15-1-5-24;;/h9,11-14,17,19-21,24-25H,1-8H2,(H,15,18);;/q;-2;+6/t9-,11-,12+,13-,14-;;/m1../s1/i;;1+1. The summed E-state index contributed by atoms with van der Waals surface area (Å²) in [6, 6.07) is 0. The van der Waals surface area contributed by atoms with Crippen LogP contribution in [0.4, 0.5) is 0 Å². The molecule has 27 heavy (non-hydrogen) atoms. The maximum atomic E-state index is 11.8. The first kappa shape index (κ1) is 29.7. The van der Waals surface area contributed by atoms with Gasteiger partial charge in [-0.15, -0.1) is 0 Å². The number of aliphatic hydroxyl groups excluding tert-OH is 4. The summed E-state index contributed by atoms with van der Waals surface area (Å²) >= 11 is 8.18. The third-order valence-electron chi connectivity index (χ3n) is 3.76. The summed E-state index contributed by atoms with van der Waals surface area (Å²) in [7, 11) is 0. The molecule has 0 unspecified atom stereocenters. The van der Waals surface area contributed by atoms with Crippen molar-refractivity contribution in [3.63, 3.8) is 0 Å². The Balaban J connectivity index is 0. The van der Waals surface area contributed by atoms with E-state index in [-0.39, 0.29) is 44.6 Å². The molecule has 0 aromatic rings. The minimum absolute atomic E-state index is 0. The number of ether oxygens (including phenoxy) is 2. The molecule has 1 amide bonds. The van der Waals surface area contributed by atoms with Gasteiger partial charge in [0.05, 0.1) is 19.8 Å². The third kappa shape index (κ3) is 10.2. The first-order chi connectivity index (χ1) is 11.9. The van der Waals surface area contributed by atoms with Crippen LogP contribution >= 0.6 is 25.3 Å². The zero-order chi connectivity index (χ0) is 18.8. The fraction of sp³-hybridized carbons (Fsp3) is 0.929. The normalized spacial score (nSPS) is 27.6. The first-order valence-corrected chi connectivity index (χ1v) is 9.34. The number of nitrogens with one attached hydrogen (secondary N) is 1. The van der Waals surface area contributed by atoms with Gasteiger partial charge in [-0.05, 0) is 0 Å². The van der Waals surface area contributed by atoms with E-state index in [1.54, 1.807) is 0 Å². The molecule has 1 aliphatic rings. The first-order valence-electron chi connectivity index (χ1n) is 8.07. The molecule has 1 heterocycles. The van der Waals surface area contributed by atoms with E-state index < -0.39 is 37.3 Å². The van der Waals surface area contributed by atoms with Crippen molar-refractivity contribution in [1.29, 1.82) is 0 Å². The minimum atomic E-state index is -1.48. The van der Waals surface area contributed by atoms with Crippen molar-refractivity contribution in [1.82, 2.24) is 10.2 Å². The van der Waals surface area contributed by atoms with Gasteiger partial charge in [-0.3, -0.25) is 9.69 Å². The van der Waals surface area contributed by atoms with Crippen molar-refractivity contribution in [2.24, 2.45) is 0 Å². The van der Waals surface area contributed by atoms with Crippen molar-refractivity contribution in [2.45, 2.75) is 30.7 Å². The predicted molar refractivity (Wildman–Crippen MR) is 97.6 cm³/mol. The van der Waals surface area contributed by atoms with Crippen LogP contribution in [0.15, 0.2) is 0 Å². The molecular weight excluding hydrogens is 487 g/mol. The quantitative estimate of drug-likeness (QED) is 0.143. The zero-order valence-electron chi connectivity index (χ0n) is 14.7. The Morgan fingerprint density at radius 2 is 1.78 bits per heavy atom. The van der Waals surface area contributed by atoms with E-state index >= 15 is 0 Å². The van der Waals surface area contributed by atoms with Gasteiger partial charge in [0.1, 0.15) is 24.4 Å². The van der Waals surface area contributed by atoms with Gasteiger partial charge in [0.15, 0.2) is 6.29 Å². The number of hydrogen-bond acceptors (Lipinski definition) is 10.